The standard InChI is InChI=1S/C24H31N3O/c1-17(2)26-24(28)23-9-7-19(16-25-23)14-18-6-8-20-10-12-27(22-4-3-5-22)13-11-21(20)15-18/h6-9,15-17,22H,3-5,10-14H2,1-2H3,(H,26,28). The highest BCUT2D eigenvalue weighted by Crippen LogP contribution is 2.28. The molecule has 0 atom stereocenters. The van der Waals surface area contributed by atoms with Gasteiger partial charge in [0.2, 0.25) is 0 Å². The van der Waals surface area contributed by atoms with Crippen LogP contribution in [-0.4, -0.2) is 41.0 Å². The summed E-state index contributed by atoms with van der Waals surface area (Å²) in [6, 6.07) is 11.8. The van der Waals surface area contributed by atoms with Crippen molar-refractivity contribution < 1.29 is 4.79 Å². The number of carbonyl (C=O) groups excluding carboxylic acids is 1. The summed E-state index contributed by atoms with van der Waals surface area (Å²) >= 11 is 0. The monoisotopic (exact) mass is 377 g/mol. The van der Waals surface area contributed by atoms with Gasteiger partial charge in [-0.3, -0.25) is 14.7 Å². The second kappa shape index (κ2) is 8.44. The third-order valence-electron chi connectivity index (χ3n) is 6.08. The molecule has 4 rings (SSSR count). The predicted molar refractivity (Wildman–Crippen MR) is 113 cm³/mol. The Bertz CT molecular complexity index is 824. The van der Waals surface area contributed by atoms with Crippen LogP contribution in [0.3, 0.4) is 0 Å². The van der Waals surface area contributed by atoms with E-state index in [-0.39, 0.29) is 11.9 Å². The highest BCUT2D eigenvalue weighted by molar-refractivity contribution is 5.92. The molecule has 2 heterocycles. The van der Waals surface area contributed by atoms with Crippen LogP contribution in [0.2, 0.25) is 0 Å². The average Bonchev–Trinajstić information content (AvgIpc) is 2.83. The fourth-order valence-electron chi connectivity index (χ4n) is 4.26. The lowest BCUT2D eigenvalue weighted by atomic mass is 9.91. The minimum atomic E-state index is -0.109. The van der Waals surface area contributed by atoms with E-state index >= 15 is 0 Å². The molecule has 0 unspecified atom stereocenters. The Morgan fingerprint density at radius 2 is 1.86 bits per heavy atom. The lowest BCUT2D eigenvalue weighted by molar-refractivity contribution is 0.0938. The molecule has 4 nitrogen and oxygen atoms in total. The van der Waals surface area contributed by atoms with Gasteiger partial charge in [-0.25, -0.2) is 0 Å². The molecule has 28 heavy (non-hydrogen) atoms. The van der Waals surface area contributed by atoms with E-state index in [0.717, 1.165) is 24.4 Å². The van der Waals surface area contributed by atoms with E-state index in [1.165, 1.54) is 55.5 Å². The summed E-state index contributed by atoms with van der Waals surface area (Å²) in [6.07, 6.45) is 9.21. The van der Waals surface area contributed by atoms with Crippen molar-refractivity contribution in [3.63, 3.8) is 0 Å². The van der Waals surface area contributed by atoms with Gasteiger partial charge < -0.3 is 5.32 Å². The van der Waals surface area contributed by atoms with Gasteiger partial charge in [-0.2, -0.15) is 0 Å². The molecular weight excluding hydrogens is 346 g/mol. The number of fused-ring (bicyclic) bond motifs is 1. The molecule has 0 saturated heterocycles. The van der Waals surface area contributed by atoms with Gasteiger partial charge in [0.05, 0.1) is 0 Å². The van der Waals surface area contributed by atoms with Gasteiger partial charge in [0, 0.05) is 31.4 Å². The number of aromatic nitrogens is 1. The maximum absolute atomic E-state index is 12.0. The van der Waals surface area contributed by atoms with E-state index in [9.17, 15) is 4.79 Å². The van der Waals surface area contributed by atoms with Gasteiger partial charge in [0.1, 0.15) is 5.69 Å². The fraction of sp³-hybridized carbons (Fsp3) is 0.500. The van der Waals surface area contributed by atoms with Gasteiger partial charge in [-0.15, -0.1) is 0 Å². The minimum absolute atomic E-state index is 0.109. The number of amides is 1. The molecule has 2 aromatic rings. The number of hydrogen-bond acceptors (Lipinski definition) is 3. The molecular formula is C24H31N3O. The van der Waals surface area contributed by atoms with Crippen molar-refractivity contribution in [1.82, 2.24) is 15.2 Å². The zero-order valence-corrected chi connectivity index (χ0v) is 17.1. The maximum atomic E-state index is 12.0. The Balaban J connectivity index is 1.41. The Kier molecular flexibility index (Phi) is 5.77. The SMILES string of the molecule is CC(C)NC(=O)c1ccc(Cc2ccc3c(c2)CCN(C2CCC2)CC3)cn1. The average molecular weight is 378 g/mol. The molecule has 1 aliphatic carbocycles. The number of nitrogens with zero attached hydrogens (tertiary/aromatic N) is 2. The number of pyridine rings is 1. The van der Waals surface area contributed by atoms with E-state index in [1.807, 2.05) is 32.2 Å². The fourth-order valence-corrected chi connectivity index (χ4v) is 4.26. The number of nitrogens with one attached hydrogen (secondary N) is 1. The van der Waals surface area contributed by atoms with Gasteiger partial charge in [0.15, 0.2) is 0 Å². The van der Waals surface area contributed by atoms with Crippen molar-refractivity contribution in [3.05, 3.63) is 64.5 Å². The Morgan fingerprint density at radius 3 is 2.50 bits per heavy atom. The molecule has 0 spiro atoms. The lowest BCUT2D eigenvalue weighted by Gasteiger charge is -2.36. The number of benzene rings is 1. The van der Waals surface area contributed by atoms with Gasteiger partial charge in [-0.1, -0.05) is 30.7 Å². The van der Waals surface area contributed by atoms with Crippen LogP contribution in [0.25, 0.3) is 0 Å². The summed E-state index contributed by atoms with van der Waals surface area (Å²) in [6.45, 7) is 6.31. The molecule has 148 valence electrons. The number of rotatable bonds is 5. The van der Waals surface area contributed by atoms with E-state index in [0.29, 0.717) is 5.69 Å². The zero-order chi connectivity index (χ0) is 19.5. The number of hydrogen-bond donors (Lipinski definition) is 1. The van der Waals surface area contributed by atoms with E-state index in [1.54, 1.807) is 0 Å². The van der Waals surface area contributed by atoms with Crippen molar-refractivity contribution in [2.24, 2.45) is 0 Å². The van der Waals surface area contributed by atoms with E-state index in [2.05, 4.69) is 33.4 Å². The first kappa shape index (κ1) is 19.1. The summed E-state index contributed by atoms with van der Waals surface area (Å²) in [4.78, 5) is 19.1. The van der Waals surface area contributed by atoms with Crippen LogP contribution in [0.1, 0.15) is 65.9 Å². The van der Waals surface area contributed by atoms with Crippen molar-refractivity contribution >= 4 is 5.91 Å². The van der Waals surface area contributed by atoms with Crippen molar-refractivity contribution in [1.29, 1.82) is 0 Å². The third kappa shape index (κ3) is 4.44. The molecule has 2 aliphatic rings. The van der Waals surface area contributed by atoms with E-state index < -0.39 is 0 Å². The Hall–Kier alpha value is -2.20. The normalized spacial score (nSPS) is 17.7. The van der Waals surface area contributed by atoms with E-state index in [4.69, 9.17) is 0 Å². The van der Waals surface area contributed by atoms with Crippen LogP contribution in [0.15, 0.2) is 36.5 Å². The van der Waals surface area contributed by atoms with Gasteiger partial charge in [0.25, 0.3) is 5.91 Å². The molecule has 1 saturated carbocycles. The first-order chi connectivity index (χ1) is 13.6. The van der Waals surface area contributed by atoms with Crippen LogP contribution in [0.4, 0.5) is 0 Å². The van der Waals surface area contributed by atoms with Crippen LogP contribution < -0.4 is 5.32 Å². The topological polar surface area (TPSA) is 45.2 Å². The third-order valence-corrected chi connectivity index (χ3v) is 6.08. The lowest BCUT2D eigenvalue weighted by Crippen LogP contribution is -2.41. The first-order valence-electron chi connectivity index (χ1n) is 10.7. The van der Waals surface area contributed by atoms with Gasteiger partial charge in [-0.05, 0) is 74.3 Å². The second-order valence-corrected chi connectivity index (χ2v) is 8.58. The summed E-state index contributed by atoms with van der Waals surface area (Å²) in [5.74, 6) is -0.109. The summed E-state index contributed by atoms with van der Waals surface area (Å²) in [7, 11) is 0. The highest BCUT2D eigenvalue weighted by Gasteiger charge is 2.26. The van der Waals surface area contributed by atoms with Crippen LogP contribution in [0, 0.1) is 0 Å². The quantitative estimate of drug-likeness (QED) is 0.863. The maximum Gasteiger partial charge on any atom is 0.270 e. The smallest absolute Gasteiger partial charge is 0.270 e. The zero-order valence-electron chi connectivity index (χ0n) is 17.1. The molecule has 0 radical (unpaired) electrons. The molecule has 1 N–H and O–H groups in total. The van der Waals surface area contributed by atoms with Crippen molar-refractivity contribution in [3.8, 4) is 0 Å². The molecule has 1 aromatic carbocycles. The summed E-state index contributed by atoms with van der Waals surface area (Å²) in [5, 5.41) is 2.88. The highest BCUT2D eigenvalue weighted by atomic mass is 16.1. The van der Waals surface area contributed by atoms with Gasteiger partial charge >= 0.3 is 0 Å². The van der Waals surface area contributed by atoms with Crippen LogP contribution in [-0.2, 0) is 19.3 Å². The second-order valence-electron chi connectivity index (χ2n) is 8.58. The van der Waals surface area contributed by atoms with Crippen LogP contribution >= 0.6 is 0 Å². The first-order valence-corrected chi connectivity index (χ1v) is 10.7. The molecule has 1 aromatic heterocycles. The molecule has 1 aliphatic heterocycles. The van der Waals surface area contributed by atoms with Crippen molar-refractivity contribution in [2.45, 2.75) is 64.5 Å². The summed E-state index contributed by atoms with van der Waals surface area (Å²) < 4.78 is 0. The minimum Gasteiger partial charge on any atom is -0.349 e. The molecule has 1 fully saturated rings. The summed E-state index contributed by atoms with van der Waals surface area (Å²) in [5.41, 5.74) is 5.99. The Morgan fingerprint density at radius 1 is 1.11 bits per heavy atom. The predicted octanol–water partition coefficient (Wildman–Crippen LogP) is 3.76. The van der Waals surface area contributed by atoms with Crippen molar-refractivity contribution in [2.75, 3.05) is 13.1 Å². The molecule has 4 heteroatoms. The molecule has 0 bridgehead atoms. The number of carbonyl (C=O) groups is 1. The van der Waals surface area contributed by atoms with Crippen LogP contribution in [0.5, 0.6) is 0 Å². The molecule has 1 amide bonds. The Labute approximate surface area is 168 Å². The largest absolute Gasteiger partial charge is 0.349 e.